The highest BCUT2D eigenvalue weighted by molar-refractivity contribution is 5.98. The average molecular weight is 425 g/mol. The third-order valence-electron chi connectivity index (χ3n) is 4.02. The van der Waals surface area contributed by atoms with Gasteiger partial charge >= 0.3 is 11.9 Å². The van der Waals surface area contributed by atoms with Crippen LogP contribution in [-0.2, 0) is 9.53 Å². The van der Waals surface area contributed by atoms with Crippen molar-refractivity contribution >= 4 is 18.0 Å². The molecule has 8 nitrogen and oxygen atoms in total. The average Bonchev–Trinajstić information content (AvgIpc) is 2.78. The summed E-state index contributed by atoms with van der Waals surface area (Å²) in [5.41, 5.74) is 0.622. The molecule has 0 heterocycles. The zero-order chi connectivity index (χ0) is 22.8. The minimum Gasteiger partial charge on any atom is -0.493 e. The normalized spacial score (nSPS) is 10.6. The first-order valence-corrected chi connectivity index (χ1v) is 9.47. The van der Waals surface area contributed by atoms with Gasteiger partial charge in [0.15, 0.2) is 23.0 Å². The van der Waals surface area contributed by atoms with Crippen LogP contribution in [-0.4, -0.2) is 39.4 Å². The van der Waals surface area contributed by atoms with E-state index in [1.807, 2.05) is 6.07 Å². The molecular formula is C23H23NO7. The lowest BCUT2D eigenvalue weighted by molar-refractivity contribution is -0.137. The van der Waals surface area contributed by atoms with Gasteiger partial charge in [-0.3, -0.25) is 0 Å². The minimum absolute atomic E-state index is 0.153. The summed E-state index contributed by atoms with van der Waals surface area (Å²) < 4.78 is 26.3. The number of nitrogens with zero attached hydrogens (tertiary/aromatic N) is 1. The smallest absolute Gasteiger partial charge is 0.348 e. The summed E-state index contributed by atoms with van der Waals surface area (Å²) in [5, 5.41) is 9.20. The van der Waals surface area contributed by atoms with Gasteiger partial charge in [-0.05, 0) is 55.8 Å². The summed E-state index contributed by atoms with van der Waals surface area (Å²) in [7, 11) is 2.97. The molecule has 0 aliphatic carbocycles. The van der Waals surface area contributed by atoms with Gasteiger partial charge in [-0.25, -0.2) is 9.59 Å². The van der Waals surface area contributed by atoms with Crippen molar-refractivity contribution in [3.05, 3.63) is 53.1 Å². The minimum atomic E-state index is -0.716. The number of benzene rings is 2. The summed E-state index contributed by atoms with van der Waals surface area (Å²) in [4.78, 5) is 24.4. The fourth-order valence-electron chi connectivity index (χ4n) is 2.60. The zero-order valence-electron chi connectivity index (χ0n) is 17.8. The summed E-state index contributed by atoms with van der Waals surface area (Å²) in [6.07, 6.45) is 1.38. The van der Waals surface area contributed by atoms with Crippen LogP contribution in [0.15, 0.2) is 42.0 Å². The van der Waals surface area contributed by atoms with E-state index in [4.69, 9.17) is 23.7 Å². The zero-order valence-corrected chi connectivity index (χ0v) is 17.8. The van der Waals surface area contributed by atoms with Gasteiger partial charge in [0.1, 0.15) is 11.6 Å². The maximum Gasteiger partial charge on any atom is 0.348 e. The number of carbonyl (C=O) groups is 2. The molecule has 0 N–H and O–H groups in total. The van der Waals surface area contributed by atoms with Crippen LogP contribution in [0.5, 0.6) is 23.0 Å². The predicted molar refractivity (Wildman–Crippen MR) is 112 cm³/mol. The molecule has 0 amide bonds. The number of hydrogen-bond donors (Lipinski definition) is 0. The van der Waals surface area contributed by atoms with Crippen LogP contribution < -0.4 is 18.9 Å². The molecule has 0 bridgehead atoms. The molecule has 8 heteroatoms. The fourth-order valence-corrected chi connectivity index (χ4v) is 2.60. The van der Waals surface area contributed by atoms with Crippen LogP contribution in [0.25, 0.3) is 6.08 Å². The van der Waals surface area contributed by atoms with Crippen molar-refractivity contribution < 1.29 is 33.3 Å². The van der Waals surface area contributed by atoms with Crippen LogP contribution in [0.2, 0.25) is 0 Å². The summed E-state index contributed by atoms with van der Waals surface area (Å²) in [5.74, 6) is 0.0200. The molecule has 0 spiro atoms. The number of carbonyl (C=O) groups excluding carboxylic acids is 2. The lowest BCUT2D eigenvalue weighted by Crippen LogP contribution is -2.10. The van der Waals surface area contributed by atoms with Gasteiger partial charge in [-0.15, -0.1) is 0 Å². The number of rotatable bonds is 9. The molecule has 2 aromatic carbocycles. The van der Waals surface area contributed by atoms with Crippen molar-refractivity contribution in [1.82, 2.24) is 0 Å². The van der Waals surface area contributed by atoms with Crippen LogP contribution in [0.3, 0.4) is 0 Å². The third kappa shape index (κ3) is 6.00. The Morgan fingerprint density at radius 2 is 1.65 bits per heavy atom. The van der Waals surface area contributed by atoms with Gasteiger partial charge < -0.3 is 23.7 Å². The van der Waals surface area contributed by atoms with E-state index in [1.165, 1.54) is 32.4 Å². The number of methoxy groups -OCH3 is 2. The van der Waals surface area contributed by atoms with Crippen molar-refractivity contribution in [3.63, 3.8) is 0 Å². The second-order valence-electron chi connectivity index (χ2n) is 5.99. The first-order valence-electron chi connectivity index (χ1n) is 9.47. The first kappa shape index (κ1) is 23.3. The van der Waals surface area contributed by atoms with E-state index in [9.17, 15) is 14.9 Å². The summed E-state index contributed by atoms with van der Waals surface area (Å²) in [6.45, 7) is 3.91. The van der Waals surface area contributed by atoms with Crippen molar-refractivity contribution in [3.8, 4) is 29.1 Å². The van der Waals surface area contributed by atoms with E-state index in [0.29, 0.717) is 23.7 Å². The molecule has 2 rings (SSSR count). The molecule has 0 saturated heterocycles. The Hall–Kier alpha value is -3.99. The molecule has 0 radical (unpaired) electrons. The first-order chi connectivity index (χ1) is 15.0. The second-order valence-corrected chi connectivity index (χ2v) is 5.99. The van der Waals surface area contributed by atoms with E-state index in [2.05, 4.69) is 0 Å². The van der Waals surface area contributed by atoms with Crippen molar-refractivity contribution in [2.24, 2.45) is 0 Å². The molecule has 0 atom stereocenters. The molecule has 0 aliphatic rings. The van der Waals surface area contributed by atoms with E-state index in [0.717, 1.165) is 0 Å². The van der Waals surface area contributed by atoms with E-state index in [-0.39, 0.29) is 29.2 Å². The molecule has 31 heavy (non-hydrogen) atoms. The number of ether oxygens (including phenoxy) is 5. The number of hydrogen-bond acceptors (Lipinski definition) is 8. The lowest BCUT2D eigenvalue weighted by atomic mass is 10.1. The predicted octanol–water partition coefficient (Wildman–Crippen LogP) is 3.79. The van der Waals surface area contributed by atoms with Gasteiger partial charge in [0.25, 0.3) is 0 Å². The number of esters is 2. The van der Waals surface area contributed by atoms with Gasteiger partial charge in [-0.1, -0.05) is 6.07 Å². The lowest BCUT2D eigenvalue weighted by Gasteiger charge is -2.13. The second kappa shape index (κ2) is 11.3. The highest BCUT2D eigenvalue weighted by atomic mass is 16.6. The SMILES string of the molecule is CCOC(=O)C(C#N)=Cc1ccc(OC(=O)c2ccc(OC)c(OC)c2)c(OCC)c1. The van der Waals surface area contributed by atoms with Crippen molar-refractivity contribution in [2.45, 2.75) is 13.8 Å². The number of nitriles is 1. The Labute approximate surface area is 180 Å². The Morgan fingerprint density at radius 3 is 2.26 bits per heavy atom. The maximum absolute atomic E-state index is 12.6. The largest absolute Gasteiger partial charge is 0.493 e. The van der Waals surface area contributed by atoms with Crippen LogP contribution >= 0.6 is 0 Å². The molecule has 0 saturated carbocycles. The molecular weight excluding hydrogens is 402 g/mol. The summed E-state index contributed by atoms with van der Waals surface area (Å²) >= 11 is 0. The molecule has 2 aromatic rings. The van der Waals surface area contributed by atoms with Crippen molar-refractivity contribution in [1.29, 1.82) is 5.26 Å². The van der Waals surface area contributed by atoms with Crippen LogP contribution in [0, 0.1) is 11.3 Å². The Balaban J connectivity index is 2.32. The fraction of sp³-hybridized carbons (Fsp3) is 0.261. The molecule has 0 fully saturated rings. The standard InChI is InChI=1S/C23H23NO7/c1-5-29-21-12-15(11-17(14-24)22(25)30-6-2)7-9-19(21)31-23(26)16-8-10-18(27-3)20(13-16)28-4/h7-13H,5-6H2,1-4H3. The van der Waals surface area contributed by atoms with Gasteiger partial charge in [0.2, 0.25) is 0 Å². The molecule has 0 unspecified atom stereocenters. The van der Waals surface area contributed by atoms with Crippen LogP contribution in [0.1, 0.15) is 29.8 Å². The topological polar surface area (TPSA) is 104 Å². The van der Waals surface area contributed by atoms with Gasteiger partial charge in [0.05, 0.1) is 33.0 Å². The molecule has 0 aliphatic heterocycles. The monoisotopic (exact) mass is 425 g/mol. The Bertz CT molecular complexity index is 1020. The van der Waals surface area contributed by atoms with E-state index < -0.39 is 11.9 Å². The summed E-state index contributed by atoms with van der Waals surface area (Å²) in [6, 6.07) is 11.2. The van der Waals surface area contributed by atoms with Gasteiger partial charge in [-0.2, -0.15) is 5.26 Å². The molecule has 162 valence electrons. The highest BCUT2D eigenvalue weighted by Crippen LogP contribution is 2.32. The van der Waals surface area contributed by atoms with E-state index >= 15 is 0 Å². The van der Waals surface area contributed by atoms with Crippen LogP contribution in [0.4, 0.5) is 0 Å². The van der Waals surface area contributed by atoms with Gasteiger partial charge in [0, 0.05) is 0 Å². The van der Waals surface area contributed by atoms with Crippen molar-refractivity contribution in [2.75, 3.05) is 27.4 Å². The maximum atomic E-state index is 12.6. The Morgan fingerprint density at radius 1 is 0.935 bits per heavy atom. The third-order valence-corrected chi connectivity index (χ3v) is 4.02. The highest BCUT2D eigenvalue weighted by Gasteiger charge is 2.16. The van der Waals surface area contributed by atoms with E-state index in [1.54, 1.807) is 38.1 Å². The Kier molecular flexibility index (Phi) is 8.46. The quantitative estimate of drug-likeness (QED) is 0.259. The molecule has 0 aromatic heterocycles.